The predicted molar refractivity (Wildman–Crippen MR) is 116 cm³/mol. The third-order valence-electron chi connectivity index (χ3n) is 5.04. The van der Waals surface area contributed by atoms with E-state index in [1.54, 1.807) is 16.9 Å². The molecule has 0 unspecified atom stereocenters. The number of rotatable bonds is 5. The number of nitrogens with one attached hydrogen (secondary N) is 1. The summed E-state index contributed by atoms with van der Waals surface area (Å²) in [5.74, 6) is 0.0740. The third-order valence-corrected chi connectivity index (χ3v) is 5.28. The third kappa shape index (κ3) is 4.22. The van der Waals surface area contributed by atoms with E-state index in [4.69, 9.17) is 16.3 Å². The van der Waals surface area contributed by atoms with Crippen LogP contribution in [0.1, 0.15) is 29.8 Å². The second-order valence-corrected chi connectivity index (χ2v) is 7.43. The molecular weight excluding hydrogens is 388 g/mol. The van der Waals surface area contributed by atoms with E-state index in [1.165, 1.54) is 13.5 Å². The number of ether oxygens (including phenoxy) is 1. The van der Waals surface area contributed by atoms with Crippen molar-refractivity contribution in [2.24, 2.45) is 0 Å². The minimum Gasteiger partial charge on any atom is -0.493 e. The second kappa shape index (κ2) is 8.57. The summed E-state index contributed by atoms with van der Waals surface area (Å²) in [7, 11) is 1.53. The number of aromatic nitrogens is 2. The molecule has 2 heterocycles. The molecule has 0 spiro atoms. The average Bonchev–Trinajstić information content (AvgIpc) is 3.20. The van der Waals surface area contributed by atoms with Gasteiger partial charge in [0.1, 0.15) is 0 Å². The SMILES string of the molecule is COc1cn(-c2ccccc2)nc1C(=O)Nc1cc(Cl)ccc1N1CCCCC1. The van der Waals surface area contributed by atoms with Gasteiger partial charge in [0.15, 0.2) is 11.4 Å². The first kappa shape index (κ1) is 19.3. The van der Waals surface area contributed by atoms with Crippen molar-refractivity contribution in [3.05, 3.63) is 65.4 Å². The molecule has 29 heavy (non-hydrogen) atoms. The second-order valence-electron chi connectivity index (χ2n) is 6.99. The highest BCUT2D eigenvalue weighted by molar-refractivity contribution is 6.31. The number of anilines is 2. The normalized spacial score (nSPS) is 13.9. The van der Waals surface area contributed by atoms with Crippen LogP contribution in [0.25, 0.3) is 5.69 Å². The molecule has 1 aliphatic heterocycles. The lowest BCUT2D eigenvalue weighted by molar-refractivity contribution is 0.101. The standard InChI is InChI=1S/C22H23ClN4O2/c1-29-20-15-27(17-8-4-2-5-9-17)25-21(20)22(28)24-18-14-16(23)10-11-19(18)26-12-6-3-7-13-26/h2,4-5,8-11,14-15H,3,6-7,12-13H2,1H3,(H,24,28). The molecule has 7 heteroatoms. The molecule has 3 aromatic rings. The van der Waals surface area contributed by atoms with Crippen molar-refractivity contribution >= 4 is 28.9 Å². The van der Waals surface area contributed by atoms with Gasteiger partial charge in [-0.15, -0.1) is 0 Å². The lowest BCUT2D eigenvalue weighted by atomic mass is 10.1. The number of halogens is 1. The van der Waals surface area contributed by atoms with Gasteiger partial charge < -0.3 is 15.0 Å². The molecule has 2 aromatic carbocycles. The van der Waals surface area contributed by atoms with E-state index in [0.717, 1.165) is 37.3 Å². The van der Waals surface area contributed by atoms with Crippen molar-refractivity contribution in [1.82, 2.24) is 9.78 Å². The first-order valence-electron chi connectivity index (χ1n) is 9.70. The maximum absolute atomic E-state index is 13.1. The van der Waals surface area contributed by atoms with Gasteiger partial charge in [-0.1, -0.05) is 29.8 Å². The van der Waals surface area contributed by atoms with Crippen LogP contribution in [0.3, 0.4) is 0 Å². The Labute approximate surface area is 175 Å². The lowest BCUT2D eigenvalue weighted by Crippen LogP contribution is -2.30. The van der Waals surface area contributed by atoms with Crippen molar-refractivity contribution in [2.45, 2.75) is 19.3 Å². The minimum atomic E-state index is -0.336. The first-order valence-corrected chi connectivity index (χ1v) is 10.1. The fraction of sp³-hybridized carbons (Fsp3) is 0.273. The van der Waals surface area contributed by atoms with Crippen molar-refractivity contribution in [2.75, 3.05) is 30.4 Å². The van der Waals surface area contributed by atoms with E-state index in [2.05, 4.69) is 15.3 Å². The fourth-order valence-electron chi connectivity index (χ4n) is 3.58. The Morgan fingerprint density at radius 1 is 1.10 bits per heavy atom. The molecule has 0 aliphatic carbocycles. The zero-order valence-corrected chi connectivity index (χ0v) is 17.0. The van der Waals surface area contributed by atoms with Crippen LogP contribution < -0.4 is 15.0 Å². The fourth-order valence-corrected chi connectivity index (χ4v) is 3.75. The van der Waals surface area contributed by atoms with Crippen molar-refractivity contribution in [1.29, 1.82) is 0 Å². The van der Waals surface area contributed by atoms with E-state index in [-0.39, 0.29) is 11.6 Å². The van der Waals surface area contributed by atoms with E-state index < -0.39 is 0 Å². The van der Waals surface area contributed by atoms with Gasteiger partial charge >= 0.3 is 0 Å². The summed E-state index contributed by atoms with van der Waals surface area (Å²) in [6.07, 6.45) is 5.23. The highest BCUT2D eigenvalue weighted by Crippen LogP contribution is 2.32. The van der Waals surface area contributed by atoms with Crippen LogP contribution in [0.4, 0.5) is 11.4 Å². The maximum atomic E-state index is 13.1. The van der Waals surface area contributed by atoms with Gasteiger partial charge in [0.25, 0.3) is 5.91 Å². The zero-order valence-electron chi connectivity index (χ0n) is 16.3. The zero-order chi connectivity index (χ0) is 20.2. The van der Waals surface area contributed by atoms with Crippen molar-refractivity contribution in [3.8, 4) is 11.4 Å². The topological polar surface area (TPSA) is 59.4 Å². The van der Waals surface area contributed by atoms with Crippen LogP contribution >= 0.6 is 11.6 Å². The number of hydrogen-bond donors (Lipinski definition) is 1. The Bertz CT molecular complexity index is 997. The number of hydrogen-bond acceptors (Lipinski definition) is 4. The number of nitrogens with zero attached hydrogens (tertiary/aromatic N) is 3. The Hall–Kier alpha value is -2.99. The molecule has 150 valence electrons. The Morgan fingerprint density at radius 2 is 1.86 bits per heavy atom. The lowest BCUT2D eigenvalue weighted by Gasteiger charge is -2.30. The van der Waals surface area contributed by atoms with E-state index in [9.17, 15) is 4.79 Å². The van der Waals surface area contributed by atoms with E-state index in [0.29, 0.717) is 16.5 Å². The molecule has 1 aliphatic rings. The minimum absolute atomic E-state index is 0.223. The van der Waals surface area contributed by atoms with Gasteiger partial charge in [0.2, 0.25) is 0 Å². The number of carbonyl (C=O) groups excluding carboxylic acids is 1. The van der Waals surface area contributed by atoms with Gasteiger partial charge in [-0.25, -0.2) is 4.68 Å². The smallest absolute Gasteiger partial charge is 0.280 e. The molecule has 1 amide bonds. The van der Waals surface area contributed by atoms with Crippen LogP contribution in [-0.2, 0) is 0 Å². The van der Waals surface area contributed by atoms with Crippen LogP contribution in [0.2, 0.25) is 5.02 Å². The largest absolute Gasteiger partial charge is 0.493 e. The molecule has 0 saturated carbocycles. The summed E-state index contributed by atoms with van der Waals surface area (Å²) >= 11 is 6.21. The van der Waals surface area contributed by atoms with Gasteiger partial charge in [0.05, 0.1) is 30.4 Å². The van der Waals surface area contributed by atoms with E-state index >= 15 is 0 Å². The summed E-state index contributed by atoms with van der Waals surface area (Å²) in [6, 6.07) is 15.2. The van der Waals surface area contributed by atoms with Gasteiger partial charge in [-0.3, -0.25) is 4.79 Å². The molecule has 1 N–H and O–H groups in total. The summed E-state index contributed by atoms with van der Waals surface area (Å²) in [5.41, 5.74) is 2.73. The molecule has 0 radical (unpaired) electrons. The monoisotopic (exact) mass is 410 g/mol. The Kier molecular flexibility index (Phi) is 5.71. The van der Waals surface area contributed by atoms with Crippen LogP contribution in [0.5, 0.6) is 5.75 Å². The number of piperidine rings is 1. The van der Waals surface area contributed by atoms with Crippen LogP contribution in [0, 0.1) is 0 Å². The maximum Gasteiger partial charge on any atom is 0.280 e. The highest BCUT2D eigenvalue weighted by Gasteiger charge is 2.21. The van der Waals surface area contributed by atoms with Crippen LogP contribution in [0.15, 0.2) is 54.7 Å². The number of methoxy groups -OCH3 is 1. The Morgan fingerprint density at radius 3 is 2.59 bits per heavy atom. The van der Waals surface area contributed by atoms with Crippen LogP contribution in [-0.4, -0.2) is 35.9 Å². The quantitative estimate of drug-likeness (QED) is 0.657. The molecule has 0 atom stereocenters. The number of amides is 1. The molecular formula is C22H23ClN4O2. The first-order chi connectivity index (χ1) is 14.2. The predicted octanol–water partition coefficient (Wildman–Crippen LogP) is 4.78. The number of benzene rings is 2. The highest BCUT2D eigenvalue weighted by atomic mass is 35.5. The summed E-state index contributed by atoms with van der Waals surface area (Å²) < 4.78 is 7.03. The van der Waals surface area contributed by atoms with Gasteiger partial charge in [0, 0.05) is 18.1 Å². The summed E-state index contributed by atoms with van der Waals surface area (Å²) in [4.78, 5) is 15.3. The molecule has 6 nitrogen and oxygen atoms in total. The van der Waals surface area contributed by atoms with Crippen molar-refractivity contribution in [3.63, 3.8) is 0 Å². The number of para-hydroxylation sites is 1. The molecule has 1 fully saturated rings. The summed E-state index contributed by atoms with van der Waals surface area (Å²) in [6.45, 7) is 1.94. The summed E-state index contributed by atoms with van der Waals surface area (Å²) in [5, 5.41) is 8.00. The van der Waals surface area contributed by atoms with Crippen molar-refractivity contribution < 1.29 is 9.53 Å². The molecule has 1 aromatic heterocycles. The average molecular weight is 411 g/mol. The number of carbonyl (C=O) groups is 1. The van der Waals surface area contributed by atoms with Gasteiger partial charge in [-0.05, 0) is 49.6 Å². The molecule has 0 bridgehead atoms. The van der Waals surface area contributed by atoms with Gasteiger partial charge in [-0.2, -0.15) is 5.10 Å². The Balaban J connectivity index is 1.63. The molecule has 4 rings (SSSR count). The molecule has 1 saturated heterocycles. The van der Waals surface area contributed by atoms with E-state index in [1.807, 2.05) is 42.5 Å².